The zero-order valence-electron chi connectivity index (χ0n) is 21.1. The number of carbonyl (C=O) groups excluding carboxylic acids is 2. The highest BCUT2D eigenvalue weighted by molar-refractivity contribution is 5.81. The highest BCUT2D eigenvalue weighted by atomic mass is 16.5. The Morgan fingerprint density at radius 2 is 1.10 bits per heavy atom. The third kappa shape index (κ3) is 8.41. The van der Waals surface area contributed by atoms with Crippen LogP contribution in [0.3, 0.4) is 0 Å². The van der Waals surface area contributed by atoms with E-state index in [0.717, 1.165) is 25.7 Å². The maximum absolute atomic E-state index is 11.2. The predicted octanol–water partition coefficient (Wildman–Crippen LogP) is 4.39. The van der Waals surface area contributed by atoms with Crippen molar-refractivity contribution < 1.29 is 19.1 Å². The molecule has 0 spiro atoms. The number of hydrogen-bond acceptors (Lipinski definition) is 6. The van der Waals surface area contributed by atoms with Crippen LogP contribution in [0.1, 0.15) is 81.1 Å². The quantitative estimate of drug-likeness (QED) is 0.521. The molecule has 2 fully saturated rings. The molecule has 6 heteroatoms. The van der Waals surface area contributed by atoms with Crippen LogP contribution < -0.4 is 5.32 Å². The summed E-state index contributed by atoms with van der Waals surface area (Å²) < 4.78 is 10.7. The molecule has 0 saturated carbocycles. The van der Waals surface area contributed by atoms with Gasteiger partial charge in [-0.25, -0.2) is 9.59 Å². The van der Waals surface area contributed by atoms with Gasteiger partial charge in [-0.1, -0.05) is 13.2 Å². The smallest absolute Gasteiger partial charge is 0.330 e. The fraction of sp³-hybridized carbons (Fsp3) is 0.760. The number of esters is 2. The molecule has 0 amide bonds. The van der Waals surface area contributed by atoms with Crippen molar-refractivity contribution in [2.45, 2.75) is 115 Å². The summed E-state index contributed by atoms with van der Waals surface area (Å²) in [6.45, 7) is 24.1. The summed E-state index contributed by atoms with van der Waals surface area (Å²) in [6, 6.07) is 0. The first-order chi connectivity index (χ1) is 13.9. The molecule has 2 aliphatic rings. The van der Waals surface area contributed by atoms with Gasteiger partial charge in [-0.3, -0.25) is 4.90 Å². The monoisotopic (exact) mass is 436 g/mol. The lowest BCUT2D eigenvalue weighted by Crippen LogP contribution is -2.60. The van der Waals surface area contributed by atoms with Crippen molar-refractivity contribution in [3.05, 3.63) is 25.3 Å². The molecule has 2 heterocycles. The second-order valence-electron chi connectivity index (χ2n) is 11.4. The first-order valence-electron chi connectivity index (χ1n) is 11.1. The molecular formula is C25H44N2O4. The van der Waals surface area contributed by atoms with E-state index in [2.05, 4.69) is 85.8 Å². The zero-order chi connectivity index (χ0) is 24.3. The molecule has 2 saturated heterocycles. The minimum absolute atomic E-state index is 0.00769. The molecule has 0 radical (unpaired) electrons. The zero-order valence-corrected chi connectivity index (χ0v) is 21.1. The number of hydrogen-bond donors (Lipinski definition) is 1. The van der Waals surface area contributed by atoms with E-state index < -0.39 is 0 Å². The Kier molecular flexibility index (Phi) is 8.71. The molecule has 0 aliphatic carbocycles. The van der Waals surface area contributed by atoms with Crippen molar-refractivity contribution in [2.75, 3.05) is 7.05 Å². The fourth-order valence-corrected chi connectivity index (χ4v) is 5.10. The summed E-state index contributed by atoms with van der Waals surface area (Å²) in [7, 11) is 2.13. The lowest BCUT2D eigenvalue weighted by Gasteiger charge is -2.53. The summed E-state index contributed by atoms with van der Waals surface area (Å²) in [5, 5.41) is 3.54. The van der Waals surface area contributed by atoms with Crippen molar-refractivity contribution in [1.82, 2.24) is 10.2 Å². The maximum atomic E-state index is 11.2. The van der Waals surface area contributed by atoms with E-state index in [9.17, 15) is 9.59 Å². The van der Waals surface area contributed by atoms with Crippen molar-refractivity contribution in [2.24, 2.45) is 0 Å². The van der Waals surface area contributed by atoms with Crippen LogP contribution in [0, 0.1) is 0 Å². The second kappa shape index (κ2) is 9.86. The van der Waals surface area contributed by atoms with Crippen LogP contribution in [0.4, 0.5) is 0 Å². The lowest BCUT2D eigenvalue weighted by atomic mass is 9.79. The molecule has 2 aliphatic heterocycles. The van der Waals surface area contributed by atoms with Gasteiger partial charge in [0.05, 0.1) is 0 Å². The average molecular weight is 437 g/mol. The standard InChI is InChI=1S/C13H23NO2.C12H21NO2/c1-7-11(15)16-10-8-12(2,3)14(6)13(4,5)9-10;1-6-10(14)15-9-7-11(2,3)13-12(4,5)8-9/h7,10H,1,8-9H2,2-6H3;6,9,13H,1,7-8H2,2-5H3. The number of likely N-dealkylation sites (tertiary alicyclic amines) is 1. The van der Waals surface area contributed by atoms with Crippen molar-refractivity contribution in [3.63, 3.8) is 0 Å². The Balaban J connectivity index is 0.000000311. The minimum Gasteiger partial charge on any atom is -0.459 e. The van der Waals surface area contributed by atoms with Gasteiger partial charge in [0.1, 0.15) is 12.2 Å². The van der Waals surface area contributed by atoms with Crippen LogP contribution in [0.15, 0.2) is 25.3 Å². The third-order valence-electron chi connectivity index (χ3n) is 6.32. The number of rotatable bonds is 4. The first-order valence-corrected chi connectivity index (χ1v) is 11.1. The minimum atomic E-state index is -0.325. The number of piperidine rings is 2. The molecule has 0 unspecified atom stereocenters. The Labute approximate surface area is 189 Å². The second-order valence-corrected chi connectivity index (χ2v) is 11.4. The van der Waals surface area contributed by atoms with Crippen molar-refractivity contribution >= 4 is 11.9 Å². The fourth-order valence-electron chi connectivity index (χ4n) is 5.10. The van der Waals surface area contributed by atoms with Gasteiger partial charge in [0, 0.05) is 60.0 Å². The Morgan fingerprint density at radius 1 is 0.774 bits per heavy atom. The first kappa shape index (κ1) is 27.4. The van der Waals surface area contributed by atoms with E-state index in [4.69, 9.17) is 9.47 Å². The highest BCUT2D eigenvalue weighted by Gasteiger charge is 2.44. The maximum Gasteiger partial charge on any atom is 0.330 e. The van der Waals surface area contributed by atoms with Crippen LogP contribution >= 0.6 is 0 Å². The van der Waals surface area contributed by atoms with E-state index in [1.54, 1.807) is 0 Å². The number of nitrogens with zero attached hydrogens (tertiary/aromatic N) is 1. The summed E-state index contributed by atoms with van der Waals surface area (Å²) in [5.74, 6) is -0.644. The van der Waals surface area contributed by atoms with Gasteiger partial charge in [0.2, 0.25) is 0 Å². The molecule has 1 N–H and O–H groups in total. The average Bonchev–Trinajstić information content (AvgIpc) is 2.56. The Bertz CT molecular complexity index is 645. The van der Waals surface area contributed by atoms with Gasteiger partial charge < -0.3 is 14.8 Å². The van der Waals surface area contributed by atoms with E-state index in [0.29, 0.717) is 0 Å². The van der Waals surface area contributed by atoms with Crippen LogP contribution in [0.25, 0.3) is 0 Å². The molecule has 6 nitrogen and oxygen atoms in total. The molecule has 0 atom stereocenters. The van der Waals surface area contributed by atoms with Gasteiger partial charge in [0.15, 0.2) is 0 Å². The topological polar surface area (TPSA) is 67.9 Å². The van der Waals surface area contributed by atoms with Crippen molar-refractivity contribution in [1.29, 1.82) is 0 Å². The van der Waals surface area contributed by atoms with E-state index in [1.165, 1.54) is 12.2 Å². The van der Waals surface area contributed by atoms with Crippen LogP contribution in [0.5, 0.6) is 0 Å². The molecule has 0 bridgehead atoms. The third-order valence-corrected chi connectivity index (χ3v) is 6.32. The molecule has 31 heavy (non-hydrogen) atoms. The lowest BCUT2D eigenvalue weighted by molar-refractivity contribution is -0.153. The van der Waals surface area contributed by atoms with E-state index in [-0.39, 0.29) is 46.3 Å². The van der Waals surface area contributed by atoms with Crippen LogP contribution in [-0.2, 0) is 19.1 Å². The molecule has 0 aromatic carbocycles. The number of carbonyl (C=O) groups is 2. The van der Waals surface area contributed by atoms with Gasteiger partial charge in [-0.05, 0) is 62.4 Å². The summed E-state index contributed by atoms with van der Waals surface area (Å²) in [5.41, 5.74) is 0.115. The predicted molar refractivity (Wildman–Crippen MR) is 126 cm³/mol. The number of nitrogens with one attached hydrogen (secondary N) is 1. The van der Waals surface area contributed by atoms with Gasteiger partial charge in [-0.15, -0.1) is 0 Å². The SMILES string of the molecule is C=CC(=O)OC1CC(C)(C)N(C)C(C)(C)C1.C=CC(=O)OC1CC(C)(C)NC(C)(C)C1. The Morgan fingerprint density at radius 3 is 1.42 bits per heavy atom. The van der Waals surface area contributed by atoms with Gasteiger partial charge in [-0.2, -0.15) is 0 Å². The van der Waals surface area contributed by atoms with E-state index in [1.807, 2.05) is 0 Å². The highest BCUT2D eigenvalue weighted by Crippen LogP contribution is 2.38. The molecule has 178 valence electrons. The van der Waals surface area contributed by atoms with Crippen LogP contribution in [-0.4, -0.2) is 58.2 Å². The summed E-state index contributed by atoms with van der Waals surface area (Å²) >= 11 is 0. The molecule has 0 aromatic heterocycles. The Hall–Kier alpha value is -1.66. The summed E-state index contributed by atoms with van der Waals surface area (Å²) in [4.78, 5) is 24.7. The normalized spacial score (nSPS) is 24.8. The molecule has 0 aromatic rings. The largest absolute Gasteiger partial charge is 0.459 e. The summed E-state index contributed by atoms with van der Waals surface area (Å²) in [6.07, 6.45) is 5.86. The number of ether oxygens (including phenoxy) is 2. The van der Waals surface area contributed by atoms with Gasteiger partial charge >= 0.3 is 11.9 Å². The van der Waals surface area contributed by atoms with Crippen molar-refractivity contribution in [3.8, 4) is 0 Å². The van der Waals surface area contributed by atoms with Crippen LogP contribution in [0.2, 0.25) is 0 Å². The molecular weight excluding hydrogens is 392 g/mol. The van der Waals surface area contributed by atoms with E-state index >= 15 is 0 Å². The van der Waals surface area contributed by atoms with Gasteiger partial charge in [0.25, 0.3) is 0 Å². The molecule has 2 rings (SSSR count).